The normalized spacial score (nSPS) is 14.5. The summed E-state index contributed by atoms with van der Waals surface area (Å²) in [5.41, 5.74) is 9.25. The molecule has 10 rings (SSSR count). The Balaban J connectivity index is 1.10. The smallest absolute Gasteiger partial charge is 0.170 e. The van der Waals surface area contributed by atoms with Crippen LogP contribution in [0.2, 0.25) is 0 Å². The summed E-state index contributed by atoms with van der Waals surface area (Å²) in [7, 11) is 0. The van der Waals surface area contributed by atoms with Crippen molar-refractivity contribution in [2.75, 3.05) is 0 Å². The molecule has 51 heavy (non-hydrogen) atoms. The Morgan fingerprint density at radius 1 is 0.431 bits per heavy atom. The number of rotatable bonds is 5. The summed E-state index contributed by atoms with van der Waals surface area (Å²) in [5.74, 6) is 1.56. The highest BCUT2D eigenvalue weighted by Crippen LogP contribution is 2.42. The monoisotopic (exact) mass is 653 g/mol. The molecule has 0 amide bonds. The van der Waals surface area contributed by atoms with Gasteiger partial charge in [0.25, 0.3) is 0 Å². The maximum Gasteiger partial charge on any atom is 0.170 e. The minimum Gasteiger partial charge on any atom is -0.455 e. The highest BCUT2D eigenvalue weighted by atomic mass is 16.3. The fourth-order valence-corrected chi connectivity index (χ4v) is 7.43. The van der Waals surface area contributed by atoms with E-state index in [0.717, 1.165) is 67.0 Å². The first-order chi connectivity index (χ1) is 25.3. The lowest BCUT2D eigenvalue weighted by atomic mass is 9.96. The summed E-state index contributed by atoms with van der Waals surface area (Å²) in [6, 6.07) is 61.6. The first-order valence-electron chi connectivity index (χ1n) is 17.3. The van der Waals surface area contributed by atoms with Crippen molar-refractivity contribution in [3.8, 4) is 22.3 Å². The summed E-state index contributed by atoms with van der Waals surface area (Å²) in [6.07, 6.45) is -0.484. The van der Waals surface area contributed by atoms with Gasteiger partial charge < -0.3 is 9.73 Å². The number of furan rings is 1. The Labute approximate surface area is 295 Å². The molecule has 0 radical (unpaired) electrons. The van der Waals surface area contributed by atoms with E-state index in [1.54, 1.807) is 0 Å². The highest BCUT2D eigenvalue weighted by Gasteiger charge is 2.25. The molecule has 1 aromatic heterocycles. The number of hydrogen-bond donors (Lipinski definition) is 1. The van der Waals surface area contributed by atoms with Gasteiger partial charge in [0.15, 0.2) is 6.17 Å². The van der Waals surface area contributed by atoms with Crippen LogP contribution in [-0.4, -0.2) is 11.7 Å². The molecule has 4 nitrogen and oxygen atoms in total. The van der Waals surface area contributed by atoms with Gasteiger partial charge >= 0.3 is 0 Å². The second-order valence-electron chi connectivity index (χ2n) is 13.0. The fourth-order valence-electron chi connectivity index (χ4n) is 7.43. The summed E-state index contributed by atoms with van der Waals surface area (Å²) in [6.45, 7) is 0. The Morgan fingerprint density at radius 2 is 1.04 bits per heavy atom. The van der Waals surface area contributed by atoms with E-state index in [9.17, 15) is 0 Å². The molecule has 4 heteroatoms. The number of benzene rings is 8. The van der Waals surface area contributed by atoms with Gasteiger partial charge in [-0.15, -0.1) is 0 Å². The first-order valence-corrected chi connectivity index (χ1v) is 17.3. The van der Waals surface area contributed by atoms with Crippen LogP contribution in [0.1, 0.15) is 22.9 Å². The van der Waals surface area contributed by atoms with Crippen LogP contribution >= 0.6 is 0 Å². The van der Waals surface area contributed by atoms with Crippen LogP contribution in [0.15, 0.2) is 190 Å². The number of para-hydroxylation sites is 1. The van der Waals surface area contributed by atoms with Crippen molar-refractivity contribution < 1.29 is 4.42 Å². The van der Waals surface area contributed by atoms with E-state index in [1.165, 1.54) is 27.1 Å². The van der Waals surface area contributed by atoms with Gasteiger partial charge in [-0.05, 0) is 50.4 Å². The maximum atomic E-state index is 6.71. The van der Waals surface area contributed by atoms with Crippen LogP contribution in [0.3, 0.4) is 0 Å². The third kappa shape index (κ3) is 5.08. The molecule has 2 heterocycles. The van der Waals surface area contributed by atoms with Crippen molar-refractivity contribution in [2.45, 2.75) is 6.17 Å². The second-order valence-corrected chi connectivity index (χ2v) is 13.0. The van der Waals surface area contributed by atoms with Crippen molar-refractivity contribution in [1.82, 2.24) is 5.32 Å². The molecule has 0 saturated carbocycles. The Hall–Kier alpha value is -6.78. The van der Waals surface area contributed by atoms with Gasteiger partial charge in [-0.25, -0.2) is 9.98 Å². The molecule has 1 N–H and O–H groups in total. The van der Waals surface area contributed by atoms with Crippen molar-refractivity contribution in [3.05, 3.63) is 193 Å². The summed E-state index contributed by atoms with van der Waals surface area (Å²) >= 11 is 0. The fraction of sp³-hybridized carbons (Fsp3) is 0.0213. The third-order valence-electron chi connectivity index (χ3n) is 9.94. The molecule has 0 aliphatic carbocycles. The molecule has 0 saturated heterocycles. The van der Waals surface area contributed by atoms with Gasteiger partial charge in [0, 0.05) is 33.0 Å². The highest BCUT2D eigenvalue weighted by molar-refractivity contribution is 6.17. The molecule has 1 unspecified atom stereocenters. The zero-order valence-corrected chi connectivity index (χ0v) is 27.6. The van der Waals surface area contributed by atoms with E-state index in [1.807, 2.05) is 30.3 Å². The average molecular weight is 654 g/mol. The predicted molar refractivity (Wildman–Crippen MR) is 211 cm³/mol. The second kappa shape index (κ2) is 12.0. The lowest BCUT2D eigenvalue weighted by molar-refractivity contribution is 0.668. The maximum absolute atomic E-state index is 6.71. The summed E-state index contributed by atoms with van der Waals surface area (Å²) in [5, 5.41) is 10.5. The average Bonchev–Trinajstić information content (AvgIpc) is 3.60. The molecule has 9 aromatic rings. The number of nitrogens with one attached hydrogen (secondary N) is 1. The summed E-state index contributed by atoms with van der Waals surface area (Å²) in [4.78, 5) is 10.5. The molecule has 0 spiro atoms. The van der Waals surface area contributed by atoms with E-state index >= 15 is 0 Å². The molecule has 8 aromatic carbocycles. The van der Waals surface area contributed by atoms with E-state index in [-0.39, 0.29) is 0 Å². The summed E-state index contributed by atoms with van der Waals surface area (Å²) < 4.78 is 6.71. The van der Waals surface area contributed by atoms with E-state index in [0.29, 0.717) is 0 Å². The van der Waals surface area contributed by atoms with Gasteiger partial charge in [-0.1, -0.05) is 164 Å². The zero-order valence-electron chi connectivity index (χ0n) is 27.6. The van der Waals surface area contributed by atoms with E-state index in [2.05, 4.69) is 151 Å². The molecular formula is C47H31N3O. The van der Waals surface area contributed by atoms with E-state index < -0.39 is 6.17 Å². The standard InChI is InChI=1S/C47H31N3O/c1-2-13-33(14-3-1)45-48-46(34-26-23-31(24-27-34)36-28-25-30-11-4-5-15-35(30)29-36)50-47(49-45)41-21-10-22-42-43(41)40-20-9-19-39(44(40)51-42)38-18-8-16-32-12-6-7-17-37(32)38/h1-29,47H,(H,48,49,50). The number of aliphatic imine (C=N–C) groups is 2. The predicted octanol–water partition coefficient (Wildman–Crippen LogP) is 11.7. The minimum absolute atomic E-state index is 0.484. The number of nitrogens with zero attached hydrogens (tertiary/aromatic N) is 2. The first kappa shape index (κ1) is 29.2. The molecule has 0 bridgehead atoms. The lowest BCUT2D eigenvalue weighted by Gasteiger charge is -2.23. The van der Waals surface area contributed by atoms with Crippen molar-refractivity contribution in [2.24, 2.45) is 9.98 Å². The number of amidine groups is 2. The molecule has 0 fully saturated rings. The van der Waals surface area contributed by atoms with Crippen molar-refractivity contribution >= 4 is 55.2 Å². The van der Waals surface area contributed by atoms with Gasteiger partial charge in [0.1, 0.15) is 22.8 Å². The molecule has 240 valence electrons. The van der Waals surface area contributed by atoms with Crippen LogP contribution in [0.5, 0.6) is 0 Å². The Bertz CT molecular complexity index is 2820. The van der Waals surface area contributed by atoms with Crippen LogP contribution < -0.4 is 5.32 Å². The van der Waals surface area contributed by atoms with Gasteiger partial charge in [0.2, 0.25) is 0 Å². The topological polar surface area (TPSA) is 49.9 Å². The molecule has 1 aliphatic rings. The number of hydrogen-bond acceptors (Lipinski definition) is 4. The van der Waals surface area contributed by atoms with Crippen LogP contribution in [0, 0.1) is 0 Å². The molecular weight excluding hydrogens is 623 g/mol. The zero-order chi connectivity index (χ0) is 33.7. The Morgan fingerprint density at radius 3 is 1.88 bits per heavy atom. The van der Waals surface area contributed by atoms with Crippen LogP contribution in [0.4, 0.5) is 0 Å². The van der Waals surface area contributed by atoms with Crippen LogP contribution in [-0.2, 0) is 0 Å². The number of fused-ring (bicyclic) bond motifs is 5. The quantitative estimate of drug-likeness (QED) is 0.201. The van der Waals surface area contributed by atoms with Crippen molar-refractivity contribution in [3.63, 3.8) is 0 Å². The third-order valence-corrected chi connectivity index (χ3v) is 9.94. The SMILES string of the molecule is c1ccc(C2=NC(c3cccc4oc5c(-c6cccc7ccccc67)cccc5c34)N=C(c3ccc(-c4ccc5ccccc5c4)cc3)N2)cc1. The Kier molecular flexibility index (Phi) is 6.85. The molecule has 1 atom stereocenters. The largest absolute Gasteiger partial charge is 0.455 e. The van der Waals surface area contributed by atoms with Crippen LogP contribution in [0.25, 0.3) is 65.7 Å². The minimum atomic E-state index is -0.484. The van der Waals surface area contributed by atoms with Crippen molar-refractivity contribution in [1.29, 1.82) is 0 Å². The van der Waals surface area contributed by atoms with Gasteiger partial charge in [0.05, 0.1) is 0 Å². The van der Waals surface area contributed by atoms with E-state index in [4.69, 9.17) is 14.4 Å². The molecule has 1 aliphatic heterocycles. The van der Waals surface area contributed by atoms with Gasteiger partial charge in [-0.3, -0.25) is 0 Å². The van der Waals surface area contributed by atoms with Gasteiger partial charge in [-0.2, -0.15) is 0 Å². The lowest BCUT2D eigenvalue weighted by Crippen LogP contribution is -2.36.